The van der Waals surface area contributed by atoms with Crippen molar-refractivity contribution >= 4 is 33.9 Å². The van der Waals surface area contributed by atoms with E-state index >= 15 is 4.39 Å². The fourth-order valence-corrected chi connectivity index (χ4v) is 7.35. The maximum absolute atomic E-state index is 15.1. The lowest BCUT2D eigenvalue weighted by Crippen LogP contribution is -2.41. The fraction of sp³-hybridized carbons (Fsp3) is 0.353. The lowest BCUT2D eigenvalue weighted by Gasteiger charge is -2.27. The summed E-state index contributed by atoms with van der Waals surface area (Å²) in [5.74, 6) is 0.885. The molecule has 2 saturated carbocycles. The fourth-order valence-electron chi connectivity index (χ4n) is 7.35. The number of rotatable bonds is 7. The summed E-state index contributed by atoms with van der Waals surface area (Å²) in [5.41, 5.74) is 16.2. The number of carbonyl (C=O) groups is 2. The van der Waals surface area contributed by atoms with Crippen LogP contribution in [-0.4, -0.2) is 61.6 Å². The molecule has 0 spiro atoms. The van der Waals surface area contributed by atoms with Crippen molar-refractivity contribution in [3.63, 3.8) is 0 Å². The van der Waals surface area contributed by atoms with Crippen LogP contribution in [0.2, 0.25) is 0 Å². The highest BCUT2D eigenvalue weighted by Crippen LogP contribution is 2.40. The SMILES string of the molecule is COc1cc(C(=O)N2CC3CCC2[C@@H]3N)cc2nc(-c3cc4ccc(-c5ccc(C(N)=O)cc5F)nc4n3CC3CC3)n(C)c12. The van der Waals surface area contributed by atoms with Crippen LogP contribution in [0, 0.1) is 17.7 Å². The monoisotopic (exact) mass is 607 g/mol. The van der Waals surface area contributed by atoms with Crippen molar-refractivity contribution in [3.8, 4) is 28.5 Å². The third kappa shape index (κ3) is 4.40. The number of methoxy groups -OCH3 is 1. The molecule has 2 unspecified atom stereocenters. The second-order valence-electron chi connectivity index (χ2n) is 12.7. The molecule has 1 aliphatic heterocycles. The number of piperidine rings is 1. The molecule has 4 N–H and O–H groups in total. The van der Waals surface area contributed by atoms with Crippen molar-refractivity contribution in [2.45, 2.75) is 44.3 Å². The quantitative estimate of drug-likeness (QED) is 0.280. The molecular weight excluding hydrogens is 573 g/mol. The van der Waals surface area contributed by atoms with Crippen molar-refractivity contribution in [1.29, 1.82) is 0 Å². The standard InChI is InChI=1S/C34H34FN7O3/c1-40-30-25(12-21(14-28(30)45-2)34(44)42-16-20-7-10-26(42)29(20)36)39-33(40)27-13-19-6-9-24(38-32(19)41(27)15-17-3-4-17)22-8-5-18(31(37)43)11-23(22)35/h5-6,8-9,11-14,17,20,26,29H,3-4,7,10,15-16,36H2,1-2H3,(H2,37,43)/t20?,26?,29-/m1/s1. The molecule has 1 saturated heterocycles. The van der Waals surface area contributed by atoms with E-state index in [4.69, 9.17) is 26.2 Å². The van der Waals surface area contributed by atoms with E-state index in [0.717, 1.165) is 60.5 Å². The van der Waals surface area contributed by atoms with Crippen molar-refractivity contribution in [1.82, 2.24) is 24.0 Å². The van der Waals surface area contributed by atoms with Gasteiger partial charge in [-0.1, -0.05) is 0 Å². The zero-order valence-electron chi connectivity index (χ0n) is 25.2. The Morgan fingerprint density at radius 3 is 2.51 bits per heavy atom. The predicted octanol–water partition coefficient (Wildman–Crippen LogP) is 4.48. The van der Waals surface area contributed by atoms with Gasteiger partial charge >= 0.3 is 0 Å². The maximum atomic E-state index is 15.1. The Morgan fingerprint density at radius 2 is 1.84 bits per heavy atom. The number of imidazole rings is 1. The summed E-state index contributed by atoms with van der Waals surface area (Å²) in [6, 6.07) is 13.7. The maximum Gasteiger partial charge on any atom is 0.254 e. The van der Waals surface area contributed by atoms with Gasteiger partial charge in [-0.15, -0.1) is 0 Å². The second-order valence-corrected chi connectivity index (χ2v) is 12.7. The van der Waals surface area contributed by atoms with Gasteiger partial charge in [0.05, 0.1) is 24.0 Å². The summed E-state index contributed by atoms with van der Waals surface area (Å²) in [6.07, 6.45) is 4.28. The molecule has 2 aromatic carbocycles. The van der Waals surface area contributed by atoms with Gasteiger partial charge in [-0.2, -0.15) is 0 Å². The van der Waals surface area contributed by atoms with Gasteiger partial charge in [0, 0.05) is 54.3 Å². The molecule has 45 heavy (non-hydrogen) atoms. The number of nitrogens with two attached hydrogens (primary N) is 2. The molecule has 0 radical (unpaired) electrons. The molecule has 2 bridgehead atoms. The molecule has 3 fully saturated rings. The number of aryl methyl sites for hydroxylation is 1. The highest BCUT2D eigenvalue weighted by atomic mass is 19.1. The van der Waals surface area contributed by atoms with Crippen molar-refractivity contribution in [2.24, 2.45) is 30.4 Å². The van der Waals surface area contributed by atoms with E-state index in [-0.39, 0.29) is 23.6 Å². The molecule has 10 nitrogen and oxygen atoms in total. The summed E-state index contributed by atoms with van der Waals surface area (Å²) >= 11 is 0. The zero-order valence-corrected chi connectivity index (χ0v) is 25.2. The Kier molecular flexibility index (Phi) is 6.25. The minimum atomic E-state index is -0.686. The number of hydrogen-bond donors (Lipinski definition) is 2. The zero-order chi connectivity index (χ0) is 31.1. The molecule has 2 aliphatic carbocycles. The Labute approximate surface area is 258 Å². The molecule has 8 rings (SSSR count). The Hall–Kier alpha value is -4.77. The normalized spacial score (nSPS) is 20.9. The molecule has 230 valence electrons. The van der Waals surface area contributed by atoms with Crippen LogP contribution in [0.4, 0.5) is 4.39 Å². The number of ether oxygens (including phenoxy) is 1. The molecule has 3 aromatic heterocycles. The Morgan fingerprint density at radius 1 is 1.02 bits per heavy atom. The number of amides is 2. The van der Waals surface area contributed by atoms with E-state index in [1.54, 1.807) is 19.2 Å². The third-order valence-electron chi connectivity index (χ3n) is 9.96. The number of likely N-dealkylation sites (tertiary alicyclic amines) is 1. The number of hydrogen-bond acceptors (Lipinski definition) is 6. The summed E-state index contributed by atoms with van der Waals surface area (Å²) in [4.78, 5) is 37.1. The van der Waals surface area contributed by atoms with E-state index in [2.05, 4.69) is 10.6 Å². The predicted molar refractivity (Wildman–Crippen MR) is 168 cm³/mol. The van der Waals surface area contributed by atoms with Crippen LogP contribution < -0.4 is 16.2 Å². The van der Waals surface area contributed by atoms with Crippen LogP contribution >= 0.6 is 0 Å². The first-order chi connectivity index (χ1) is 21.7. The topological polar surface area (TPSA) is 134 Å². The minimum Gasteiger partial charge on any atom is -0.494 e. The first-order valence-electron chi connectivity index (χ1n) is 15.4. The first-order valence-corrected chi connectivity index (χ1v) is 15.4. The summed E-state index contributed by atoms with van der Waals surface area (Å²) < 4.78 is 25.0. The van der Waals surface area contributed by atoms with E-state index in [9.17, 15) is 9.59 Å². The minimum absolute atomic E-state index is 0.0366. The van der Waals surface area contributed by atoms with Crippen molar-refractivity contribution < 1.29 is 18.7 Å². The highest BCUT2D eigenvalue weighted by Gasteiger charge is 2.47. The summed E-state index contributed by atoms with van der Waals surface area (Å²) in [7, 11) is 3.55. The van der Waals surface area contributed by atoms with Gasteiger partial charge in [-0.25, -0.2) is 14.4 Å². The highest BCUT2D eigenvalue weighted by molar-refractivity contribution is 6.00. The van der Waals surface area contributed by atoms with Gasteiger partial charge < -0.3 is 30.2 Å². The van der Waals surface area contributed by atoms with E-state index < -0.39 is 11.7 Å². The van der Waals surface area contributed by atoms with Crippen LogP contribution in [0.1, 0.15) is 46.4 Å². The van der Waals surface area contributed by atoms with Crippen LogP contribution in [0.5, 0.6) is 5.75 Å². The van der Waals surface area contributed by atoms with Crippen LogP contribution in [0.15, 0.2) is 48.5 Å². The van der Waals surface area contributed by atoms with E-state index in [1.165, 1.54) is 12.1 Å². The molecular formula is C34H34FN7O3. The number of pyridine rings is 1. The number of halogens is 1. The van der Waals surface area contributed by atoms with Crippen LogP contribution in [0.25, 0.3) is 44.8 Å². The van der Waals surface area contributed by atoms with Gasteiger partial charge in [0.25, 0.3) is 5.91 Å². The average molecular weight is 608 g/mol. The number of carbonyl (C=O) groups excluding carboxylic acids is 2. The number of aromatic nitrogens is 4. The van der Waals surface area contributed by atoms with Gasteiger partial charge in [-0.3, -0.25) is 9.59 Å². The molecule has 4 heterocycles. The van der Waals surface area contributed by atoms with Gasteiger partial charge in [-0.05, 0) is 86.1 Å². The smallest absolute Gasteiger partial charge is 0.254 e. The third-order valence-corrected chi connectivity index (χ3v) is 9.96. The summed E-state index contributed by atoms with van der Waals surface area (Å²) in [6.45, 7) is 1.44. The van der Waals surface area contributed by atoms with Gasteiger partial charge in [0.15, 0.2) is 5.82 Å². The van der Waals surface area contributed by atoms with Crippen molar-refractivity contribution in [3.05, 3.63) is 65.5 Å². The lowest BCUT2D eigenvalue weighted by atomic mass is 10.1. The van der Waals surface area contributed by atoms with Gasteiger partial charge in [0.2, 0.25) is 5.91 Å². The number of nitrogens with zero attached hydrogens (tertiary/aromatic N) is 5. The lowest BCUT2D eigenvalue weighted by molar-refractivity contribution is 0.0700. The van der Waals surface area contributed by atoms with Crippen molar-refractivity contribution in [2.75, 3.05) is 13.7 Å². The molecule has 2 amide bonds. The van der Waals surface area contributed by atoms with Gasteiger partial charge in [0.1, 0.15) is 22.7 Å². The van der Waals surface area contributed by atoms with Crippen LogP contribution in [0.3, 0.4) is 0 Å². The molecule has 11 heteroatoms. The van der Waals surface area contributed by atoms with E-state index in [0.29, 0.717) is 52.3 Å². The number of fused-ring (bicyclic) bond motifs is 4. The van der Waals surface area contributed by atoms with Crippen LogP contribution in [-0.2, 0) is 13.6 Å². The summed E-state index contributed by atoms with van der Waals surface area (Å²) in [5, 5.41) is 0.902. The Bertz CT molecular complexity index is 2040. The molecule has 3 atom stereocenters. The largest absolute Gasteiger partial charge is 0.494 e. The van der Waals surface area contributed by atoms with E-state index in [1.807, 2.05) is 28.6 Å². The molecule has 3 aliphatic rings. The number of primary amides is 1. The first kappa shape index (κ1) is 27.8. The Balaban J connectivity index is 1.23. The molecule has 5 aromatic rings. The second kappa shape index (κ2) is 10.1. The number of benzene rings is 2. The average Bonchev–Trinajstić information content (AvgIpc) is 3.44.